The molecule has 2 aromatic carbocycles. The molecule has 2 aromatic rings. The first kappa shape index (κ1) is 22.0. The number of hydrogen-bond acceptors (Lipinski definition) is 4. The lowest BCUT2D eigenvalue weighted by Gasteiger charge is -2.34. The number of methoxy groups -OCH3 is 1. The second kappa shape index (κ2) is 11.5. The molecule has 1 aliphatic rings. The van der Waals surface area contributed by atoms with Gasteiger partial charge in [-0.05, 0) is 42.3 Å². The van der Waals surface area contributed by atoms with Crippen LogP contribution in [0.4, 0.5) is 4.39 Å². The van der Waals surface area contributed by atoms with Crippen LogP contribution in [0.5, 0.6) is 5.75 Å². The summed E-state index contributed by atoms with van der Waals surface area (Å²) >= 11 is 0. The molecule has 5 nitrogen and oxygen atoms in total. The summed E-state index contributed by atoms with van der Waals surface area (Å²) < 4.78 is 18.6. The normalized spacial score (nSPS) is 15.4. The van der Waals surface area contributed by atoms with E-state index in [0.717, 1.165) is 45.7 Å². The summed E-state index contributed by atoms with van der Waals surface area (Å²) in [4.78, 5) is 16.9. The summed E-state index contributed by atoms with van der Waals surface area (Å²) in [7, 11) is 1.42. The summed E-state index contributed by atoms with van der Waals surface area (Å²) in [6, 6.07) is 15.2. The maximum atomic E-state index is 13.7. The Balaban J connectivity index is 1.30. The van der Waals surface area contributed by atoms with E-state index in [4.69, 9.17) is 4.74 Å². The van der Waals surface area contributed by atoms with Crippen molar-refractivity contribution in [3.63, 3.8) is 0 Å². The quantitative estimate of drug-likeness (QED) is 0.509. The van der Waals surface area contributed by atoms with E-state index in [0.29, 0.717) is 12.1 Å². The molecule has 160 valence electrons. The highest BCUT2D eigenvalue weighted by Gasteiger charge is 2.16. The Morgan fingerprint density at radius 3 is 2.53 bits per heavy atom. The fourth-order valence-corrected chi connectivity index (χ4v) is 3.54. The van der Waals surface area contributed by atoms with Crippen molar-refractivity contribution in [1.82, 2.24) is 15.1 Å². The zero-order valence-corrected chi connectivity index (χ0v) is 17.5. The molecule has 0 spiro atoms. The minimum absolute atomic E-state index is 0.168. The van der Waals surface area contributed by atoms with Gasteiger partial charge in [0, 0.05) is 45.3 Å². The van der Waals surface area contributed by atoms with Crippen LogP contribution >= 0.6 is 0 Å². The molecule has 0 atom stereocenters. The predicted molar refractivity (Wildman–Crippen MR) is 118 cm³/mol. The third-order valence-electron chi connectivity index (χ3n) is 5.27. The van der Waals surface area contributed by atoms with Gasteiger partial charge in [0.1, 0.15) is 0 Å². The first-order valence-electron chi connectivity index (χ1n) is 10.4. The number of hydrogen-bond donors (Lipinski definition) is 1. The Kier molecular flexibility index (Phi) is 8.41. The van der Waals surface area contributed by atoms with Crippen molar-refractivity contribution in [2.75, 3.05) is 46.4 Å². The van der Waals surface area contributed by atoms with Gasteiger partial charge in [0.15, 0.2) is 11.6 Å². The molecular weight excluding hydrogens is 381 g/mol. The molecule has 0 aromatic heterocycles. The highest BCUT2D eigenvalue weighted by atomic mass is 19.1. The van der Waals surface area contributed by atoms with Crippen LogP contribution in [0.3, 0.4) is 0 Å². The number of carbonyl (C=O) groups is 1. The average Bonchev–Trinajstić information content (AvgIpc) is 2.77. The topological polar surface area (TPSA) is 44.8 Å². The third kappa shape index (κ3) is 6.97. The Bertz CT molecular complexity index is 834. The molecule has 1 saturated heterocycles. The summed E-state index contributed by atoms with van der Waals surface area (Å²) in [5.74, 6) is -0.416. The summed E-state index contributed by atoms with van der Waals surface area (Å²) in [6.07, 6.45) is 3.95. The number of amides is 1. The fourth-order valence-electron chi connectivity index (χ4n) is 3.54. The maximum Gasteiger partial charge on any atom is 0.243 e. The van der Waals surface area contributed by atoms with Crippen LogP contribution in [-0.2, 0) is 11.3 Å². The summed E-state index contributed by atoms with van der Waals surface area (Å²) in [5, 5.41) is 2.89. The van der Waals surface area contributed by atoms with Crippen molar-refractivity contribution >= 4 is 12.0 Å². The molecule has 1 aliphatic heterocycles. The zero-order chi connectivity index (χ0) is 21.2. The molecule has 1 heterocycles. The van der Waals surface area contributed by atoms with Crippen LogP contribution in [0.25, 0.3) is 6.08 Å². The molecule has 0 aliphatic carbocycles. The molecule has 0 saturated carbocycles. The van der Waals surface area contributed by atoms with E-state index in [-0.39, 0.29) is 11.7 Å². The molecule has 0 bridgehead atoms. The van der Waals surface area contributed by atoms with E-state index in [2.05, 4.69) is 45.4 Å². The van der Waals surface area contributed by atoms with Crippen molar-refractivity contribution < 1.29 is 13.9 Å². The van der Waals surface area contributed by atoms with Crippen molar-refractivity contribution in [3.05, 3.63) is 71.6 Å². The second-order valence-corrected chi connectivity index (χ2v) is 7.48. The number of piperazine rings is 1. The minimum Gasteiger partial charge on any atom is -0.494 e. The largest absolute Gasteiger partial charge is 0.494 e. The molecule has 30 heavy (non-hydrogen) atoms. The van der Waals surface area contributed by atoms with Crippen LogP contribution in [0.15, 0.2) is 54.6 Å². The van der Waals surface area contributed by atoms with Gasteiger partial charge in [-0.2, -0.15) is 0 Å². The number of benzene rings is 2. The van der Waals surface area contributed by atoms with Crippen LogP contribution < -0.4 is 10.1 Å². The first-order valence-corrected chi connectivity index (χ1v) is 10.4. The van der Waals surface area contributed by atoms with Crippen molar-refractivity contribution in [1.29, 1.82) is 0 Å². The van der Waals surface area contributed by atoms with Crippen LogP contribution in [0.2, 0.25) is 0 Å². The number of nitrogens with one attached hydrogen (secondary N) is 1. The number of rotatable bonds is 9. The first-order chi connectivity index (χ1) is 14.6. The van der Waals surface area contributed by atoms with Gasteiger partial charge in [0.25, 0.3) is 0 Å². The monoisotopic (exact) mass is 411 g/mol. The molecule has 3 rings (SSSR count). The number of halogens is 1. The highest BCUT2D eigenvalue weighted by Crippen LogP contribution is 2.18. The van der Waals surface area contributed by atoms with Gasteiger partial charge in [-0.15, -0.1) is 0 Å². The zero-order valence-electron chi connectivity index (χ0n) is 17.5. The van der Waals surface area contributed by atoms with Gasteiger partial charge in [-0.25, -0.2) is 4.39 Å². The molecule has 0 unspecified atom stereocenters. The minimum atomic E-state index is -0.441. The molecule has 1 amide bonds. The Labute approximate surface area is 178 Å². The summed E-state index contributed by atoms with van der Waals surface area (Å²) in [5.41, 5.74) is 1.98. The lowest BCUT2D eigenvalue weighted by molar-refractivity contribution is -0.116. The van der Waals surface area contributed by atoms with Crippen molar-refractivity contribution in [3.8, 4) is 5.75 Å². The highest BCUT2D eigenvalue weighted by molar-refractivity contribution is 5.91. The molecular formula is C24H30FN3O2. The van der Waals surface area contributed by atoms with Gasteiger partial charge in [-0.3, -0.25) is 9.69 Å². The van der Waals surface area contributed by atoms with Gasteiger partial charge >= 0.3 is 0 Å². The molecule has 1 fully saturated rings. The Hall–Kier alpha value is -2.70. The van der Waals surface area contributed by atoms with E-state index in [1.807, 2.05) is 0 Å². The lowest BCUT2D eigenvalue weighted by atomic mass is 10.2. The van der Waals surface area contributed by atoms with Crippen LogP contribution in [-0.4, -0.2) is 62.1 Å². The van der Waals surface area contributed by atoms with E-state index < -0.39 is 5.82 Å². The lowest BCUT2D eigenvalue weighted by Crippen LogP contribution is -2.46. The number of ether oxygens (including phenoxy) is 1. The fraction of sp³-hybridized carbons (Fsp3) is 0.375. The Morgan fingerprint density at radius 2 is 1.83 bits per heavy atom. The summed E-state index contributed by atoms with van der Waals surface area (Å²) in [6.45, 7) is 6.88. The van der Waals surface area contributed by atoms with E-state index in [9.17, 15) is 9.18 Å². The molecule has 6 heteroatoms. The Morgan fingerprint density at radius 1 is 1.10 bits per heavy atom. The van der Waals surface area contributed by atoms with Gasteiger partial charge in [0.05, 0.1) is 7.11 Å². The number of carbonyl (C=O) groups excluding carboxylic acids is 1. The van der Waals surface area contributed by atoms with Gasteiger partial charge in [-0.1, -0.05) is 36.4 Å². The standard InChI is InChI=1S/C24H30FN3O2/c1-30-23-10-8-20(18-22(23)25)9-11-24(29)26-12-5-13-27-14-16-28(17-15-27)19-21-6-3-2-4-7-21/h2-4,6-11,18H,5,12-17,19H2,1H3,(H,26,29)/b11-9+. The predicted octanol–water partition coefficient (Wildman–Crippen LogP) is 3.17. The van der Waals surface area contributed by atoms with Gasteiger partial charge in [0.2, 0.25) is 5.91 Å². The SMILES string of the molecule is COc1ccc(/C=C/C(=O)NCCCN2CCN(Cc3ccccc3)CC2)cc1F. The van der Waals surface area contributed by atoms with E-state index in [1.54, 1.807) is 18.2 Å². The van der Waals surface area contributed by atoms with Crippen LogP contribution in [0, 0.1) is 5.82 Å². The van der Waals surface area contributed by atoms with Crippen LogP contribution in [0.1, 0.15) is 17.5 Å². The maximum absolute atomic E-state index is 13.7. The van der Waals surface area contributed by atoms with Crippen molar-refractivity contribution in [2.24, 2.45) is 0 Å². The third-order valence-corrected chi connectivity index (χ3v) is 5.27. The molecule has 0 radical (unpaired) electrons. The van der Waals surface area contributed by atoms with E-state index >= 15 is 0 Å². The number of nitrogens with zero attached hydrogens (tertiary/aromatic N) is 2. The van der Waals surface area contributed by atoms with E-state index in [1.165, 1.54) is 24.8 Å². The van der Waals surface area contributed by atoms with Crippen molar-refractivity contribution in [2.45, 2.75) is 13.0 Å². The average molecular weight is 412 g/mol. The second-order valence-electron chi connectivity index (χ2n) is 7.48. The molecule has 1 N–H and O–H groups in total. The van der Waals surface area contributed by atoms with Gasteiger partial charge < -0.3 is 15.0 Å². The smallest absolute Gasteiger partial charge is 0.243 e.